The Balaban J connectivity index is 2.03. The topological polar surface area (TPSA) is 70.7 Å². The molecule has 0 bridgehead atoms. The van der Waals surface area contributed by atoms with Crippen molar-refractivity contribution in [1.82, 2.24) is 19.5 Å². The van der Waals surface area contributed by atoms with Crippen molar-refractivity contribution in [2.24, 2.45) is 0 Å². The van der Waals surface area contributed by atoms with Gasteiger partial charge in [0.2, 0.25) is 5.91 Å². The number of rotatable bonds is 7. The molecule has 0 aliphatic heterocycles. The van der Waals surface area contributed by atoms with Crippen molar-refractivity contribution in [3.05, 3.63) is 52.8 Å². The summed E-state index contributed by atoms with van der Waals surface area (Å²) in [6.07, 6.45) is 1.62. The van der Waals surface area contributed by atoms with Gasteiger partial charge in [-0.05, 0) is 52.3 Å². The van der Waals surface area contributed by atoms with Crippen molar-refractivity contribution in [2.75, 3.05) is 19.7 Å². The normalized spacial score (nSPS) is 10.7. The highest BCUT2D eigenvalue weighted by Gasteiger charge is 2.21. The molecule has 0 saturated heterocycles. The van der Waals surface area contributed by atoms with Gasteiger partial charge in [-0.2, -0.15) is 5.10 Å². The first-order valence-corrected chi connectivity index (χ1v) is 10.8. The van der Waals surface area contributed by atoms with Gasteiger partial charge in [-0.25, -0.2) is 9.50 Å². The number of unbranched alkanes of at least 4 members (excludes halogenated alkanes) is 1. The molecule has 0 radical (unpaired) electrons. The first-order chi connectivity index (χ1) is 15.0. The lowest BCUT2D eigenvalue weighted by molar-refractivity contribution is -0.130. The van der Waals surface area contributed by atoms with Gasteiger partial charge in [-0.1, -0.05) is 24.0 Å². The number of nitrogens with zero attached hydrogens (tertiary/aromatic N) is 4. The number of likely N-dealkylation sites (N-methyl/N-ethyl adjacent to an activating group) is 1. The van der Waals surface area contributed by atoms with Crippen LogP contribution in [-0.4, -0.2) is 50.2 Å². The zero-order valence-corrected chi connectivity index (χ0v) is 18.8. The van der Waals surface area contributed by atoms with Crippen molar-refractivity contribution in [3.63, 3.8) is 0 Å². The minimum atomic E-state index is 0.0773. The maximum Gasteiger partial charge on any atom is 0.227 e. The van der Waals surface area contributed by atoms with Crippen LogP contribution >= 0.6 is 0 Å². The SMILES string of the molecule is CCN(CC)C(=O)Cc1c(-c2ccc(C#CCCCO)cc2)nn2c(C)cc(C)nc12. The van der Waals surface area contributed by atoms with Crippen molar-refractivity contribution in [1.29, 1.82) is 0 Å². The second-order valence-electron chi connectivity index (χ2n) is 7.55. The van der Waals surface area contributed by atoms with Crippen LogP contribution in [-0.2, 0) is 11.2 Å². The molecule has 162 valence electrons. The van der Waals surface area contributed by atoms with Gasteiger partial charge in [0.1, 0.15) is 0 Å². The van der Waals surface area contributed by atoms with Crippen LogP contribution in [0, 0.1) is 25.7 Å². The standard InChI is InChI=1S/C25H30N4O2/c1-5-28(6-2)23(31)17-22-24(27-29-19(4)16-18(3)26-25(22)29)21-13-11-20(12-14-21)10-8-7-9-15-30/h11-14,16,30H,5-7,9,15,17H2,1-4H3. The molecule has 1 aromatic carbocycles. The fourth-order valence-corrected chi connectivity index (χ4v) is 3.64. The van der Waals surface area contributed by atoms with Crippen molar-refractivity contribution in [2.45, 2.75) is 47.0 Å². The van der Waals surface area contributed by atoms with Gasteiger partial charge >= 0.3 is 0 Å². The van der Waals surface area contributed by atoms with Crippen LogP contribution in [0.2, 0.25) is 0 Å². The van der Waals surface area contributed by atoms with E-state index in [1.807, 2.05) is 67.4 Å². The molecule has 0 saturated carbocycles. The monoisotopic (exact) mass is 418 g/mol. The third-order valence-corrected chi connectivity index (χ3v) is 5.29. The molecule has 6 heteroatoms. The zero-order chi connectivity index (χ0) is 22.4. The average molecular weight is 419 g/mol. The highest BCUT2D eigenvalue weighted by molar-refractivity contribution is 5.84. The Morgan fingerprint density at radius 1 is 1.16 bits per heavy atom. The Morgan fingerprint density at radius 2 is 1.87 bits per heavy atom. The van der Waals surface area contributed by atoms with E-state index in [9.17, 15) is 4.79 Å². The van der Waals surface area contributed by atoms with Crippen LogP contribution < -0.4 is 0 Å². The molecule has 31 heavy (non-hydrogen) atoms. The molecule has 6 nitrogen and oxygen atoms in total. The van der Waals surface area contributed by atoms with E-state index in [0.717, 1.165) is 39.4 Å². The summed E-state index contributed by atoms with van der Waals surface area (Å²) < 4.78 is 1.83. The van der Waals surface area contributed by atoms with Gasteiger partial charge in [0.25, 0.3) is 0 Å². The molecule has 3 aromatic rings. The molecule has 1 N–H and O–H groups in total. The fourth-order valence-electron chi connectivity index (χ4n) is 3.64. The minimum Gasteiger partial charge on any atom is -0.396 e. The number of amides is 1. The lowest BCUT2D eigenvalue weighted by Crippen LogP contribution is -2.31. The molecule has 2 heterocycles. The molecule has 0 unspecified atom stereocenters. The van der Waals surface area contributed by atoms with E-state index in [2.05, 4.69) is 11.8 Å². The maximum absolute atomic E-state index is 12.9. The molecule has 0 aliphatic rings. The average Bonchev–Trinajstić information content (AvgIpc) is 3.11. The Hall–Kier alpha value is -3.17. The van der Waals surface area contributed by atoms with E-state index in [4.69, 9.17) is 15.2 Å². The number of carbonyl (C=O) groups excluding carboxylic acids is 1. The quantitative estimate of drug-likeness (QED) is 0.471. The van der Waals surface area contributed by atoms with Crippen LogP contribution in [0.1, 0.15) is 49.2 Å². The Bertz CT molecular complexity index is 1120. The fraction of sp³-hybridized carbons (Fsp3) is 0.400. The number of aromatic nitrogens is 3. The van der Waals surface area contributed by atoms with Crippen LogP contribution in [0.25, 0.3) is 16.9 Å². The molecule has 0 fully saturated rings. The number of fused-ring (bicyclic) bond motifs is 1. The number of aliphatic hydroxyl groups excluding tert-OH is 1. The van der Waals surface area contributed by atoms with E-state index in [1.165, 1.54) is 0 Å². The highest BCUT2D eigenvalue weighted by atomic mass is 16.2. The highest BCUT2D eigenvalue weighted by Crippen LogP contribution is 2.27. The lowest BCUT2D eigenvalue weighted by atomic mass is 10.0. The van der Waals surface area contributed by atoms with E-state index in [-0.39, 0.29) is 18.9 Å². The van der Waals surface area contributed by atoms with Gasteiger partial charge in [0, 0.05) is 54.2 Å². The Labute approximate surface area is 183 Å². The van der Waals surface area contributed by atoms with Crippen LogP contribution in [0.4, 0.5) is 0 Å². The second-order valence-corrected chi connectivity index (χ2v) is 7.55. The summed E-state index contributed by atoms with van der Waals surface area (Å²) >= 11 is 0. The van der Waals surface area contributed by atoms with Gasteiger partial charge in [0.15, 0.2) is 5.65 Å². The van der Waals surface area contributed by atoms with Crippen LogP contribution in [0.15, 0.2) is 30.3 Å². The van der Waals surface area contributed by atoms with E-state index in [0.29, 0.717) is 25.9 Å². The van der Waals surface area contributed by atoms with Gasteiger partial charge in [-0.3, -0.25) is 4.79 Å². The second kappa shape index (κ2) is 10.2. The predicted molar refractivity (Wildman–Crippen MR) is 123 cm³/mol. The Kier molecular flexibility index (Phi) is 7.43. The lowest BCUT2D eigenvalue weighted by Gasteiger charge is -2.18. The summed E-state index contributed by atoms with van der Waals surface area (Å²) in [4.78, 5) is 19.5. The van der Waals surface area contributed by atoms with Crippen molar-refractivity contribution in [3.8, 4) is 23.1 Å². The number of benzene rings is 1. The number of carbonyl (C=O) groups is 1. The summed E-state index contributed by atoms with van der Waals surface area (Å²) in [5, 5.41) is 13.7. The largest absolute Gasteiger partial charge is 0.396 e. The minimum absolute atomic E-state index is 0.0773. The molecular formula is C25H30N4O2. The summed E-state index contributed by atoms with van der Waals surface area (Å²) in [7, 11) is 0. The van der Waals surface area contributed by atoms with Crippen LogP contribution in [0.3, 0.4) is 0 Å². The zero-order valence-electron chi connectivity index (χ0n) is 18.8. The third-order valence-electron chi connectivity index (χ3n) is 5.29. The summed E-state index contributed by atoms with van der Waals surface area (Å²) in [6.45, 7) is 9.46. The Morgan fingerprint density at radius 3 is 2.52 bits per heavy atom. The van der Waals surface area contributed by atoms with Gasteiger partial charge < -0.3 is 10.0 Å². The van der Waals surface area contributed by atoms with Crippen molar-refractivity contribution < 1.29 is 9.90 Å². The molecule has 0 aliphatic carbocycles. The maximum atomic E-state index is 12.9. The summed E-state index contributed by atoms with van der Waals surface area (Å²) in [5.74, 6) is 6.27. The molecular weight excluding hydrogens is 388 g/mol. The number of aryl methyl sites for hydroxylation is 2. The van der Waals surface area contributed by atoms with Gasteiger partial charge in [-0.15, -0.1) is 0 Å². The first kappa shape index (κ1) is 22.5. The molecule has 1 amide bonds. The third kappa shape index (κ3) is 5.12. The number of hydrogen-bond acceptors (Lipinski definition) is 4. The van der Waals surface area contributed by atoms with E-state index in [1.54, 1.807) is 0 Å². The van der Waals surface area contributed by atoms with Crippen LogP contribution in [0.5, 0.6) is 0 Å². The van der Waals surface area contributed by atoms with E-state index < -0.39 is 0 Å². The molecule has 2 aromatic heterocycles. The molecule has 0 spiro atoms. The van der Waals surface area contributed by atoms with Gasteiger partial charge in [0.05, 0.1) is 12.1 Å². The smallest absolute Gasteiger partial charge is 0.227 e. The number of aliphatic hydroxyl groups is 1. The summed E-state index contributed by atoms with van der Waals surface area (Å²) in [6, 6.07) is 9.90. The first-order valence-electron chi connectivity index (χ1n) is 10.8. The summed E-state index contributed by atoms with van der Waals surface area (Å²) in [5.41, 5.74) is 6.10. The van der Waals surface area contributed by atoms with E-state index >= 15 is 0 Å². The molecule has 0 atom stereocenters. The predicted octanol–water partition coefficient (Wildman–Crippen LogP) is 3.55. The molecule has 3 rings (SSSR count). The van der Waals surface area contributed by atoms with Crippen molar-refractivity contribution >= 4 is 11.6 Å². The number of hydrogen-bond donors (Lipinski definition) is 1.